The molecule has 0 saturated heterocycles. The Kier molecular flexibility index (Phi) is 6.18. The summed E-state index contributed by atoms with van der Waals surface area (Å²) in [6.07, 6.45) is 6.86. The highest BCUT2D eigenvalue weighted by atomic mass is 35.5. The third-order valence-electron chi connectivity index (χ3n) is 4.41. The summed E-state index contributed by atoms with van der Waals surface area (Å²) < 4.78 is 0.940. The number of nitrogens with one attached hydrogen (secondary N) is 1. The Balaban J connectivity index is 2.06. The van der Waals surface area contributed by atoms with Crippen LogP contribution in [0.5, 0.6) is 0 Å². The Labute approximate surface area is 126 Å². The van der Waals surface area contributed by atoms with Crippen molar-refractivity contribution in [3.8, 4) is 0 Å². The molecule has 1 nitrogen and oxygen atoms in total. The molecule has 3 atom stereocenters. The van der Waals surface area contributed by atoms with Crippen molar-refractivity contribution in [3.63, 3.8) is 0 Å². The van der Waals surface area contributed by atoms with Gasteiger partial charge in [-0.2, -0.15) is 0 Å². The first kappa shape index (κ1) is 15.3. The Hall–Kier alpha value is -0.0500. The van der Waals surface area contributed by atoms with Crippen LogP contribution in [0.3, 0.4) is 0 Å². The summed E-state index contributed by atoms with van der Waals surface area (Å²) in [6.45, 7) is 6.74. The van der Waals surface area contributed by atoms with Crippen LogP contribution in [-0.2, 0) is 0 Å². The van der Waals surface area contributed by atoms with Gasteiger partial charge in [-0.25, -0.2) is 0 Å². The summed E-state index contributed by atoms with van der Waals surface area (Å²) >= 11 is 7.92. The van der Waals surface area contributed by atoms with Gasteiger partial charge in [0.25, 0.3) is 0 Å². The first-order valence-corrected chi connectivity index (χ1v) is 8.90. The summed E-state index contributed by atoms with van der Waals surface area (Å²) in [5, 5.41) is 3.54. The molecule has 19 heavy (non-hydrogen) atoms. The first-order valence-electron chi connectivity index (χ1n) is 7.70. The van der Waals surface area contributed by atoms with Gasteiger partial charge in [0.2, 0.25) is 0 Å². The van der Waals surface area contributed by atoms with Gasteiger partial charge in [-0.05, 0) is 55.8 Å². The standard InChI is InChI=1S/C16H26ClNS/c1-3-5-12-6-7-13(11-18-4-2)14(10-12)15-8-9-16(17)19-15/h8-9,12-14,18H,3-7,10-11H2,1-2H3. The number of halogens is 1. The second-order valence-corrected chi connectivity index (χ2v) is 7.53. The predicted octanol–water partition coefficient (Wildman–Crippen LogP) is 5.31. The second-order valence-electron chi connectivity index (χ2n) is 5.78. The summed E-state index contributed by atoms with van der Waals surface area (Å²) in [7, 11) is 0. The zero-order chi connectivity index (χ0) is 13.7. The van der Waals surface area contributed by atoms with Gasteiger partial charge >= 0.3 is 0 Å². The largest absolute Gasteiger partial charge is 0.317 e. The summed E-state index contributed by atoms with van der Waals surface area (Å²) in [6, 6.07) is 4.32. The predicted molar refractivity (Wildman–Crippen MR) is 86.4 cm³/mol. The molecule has 3 unspecified atom stereocenters. The van der Waals surface area contributed by atoms with Crippen LogP contribution in [-0.4, -0.2) is 13.1 Å². The van der Waals surface area contributed by atoms with Crippen LogP contribution in [0.2, 0.25) is 4.34 Å². The van der Waals surface area contributed by atoms with Crippen LogP contribution in [0.4, 0.5) is 0 Å². The molecule has 2 rings (SSSR count). The molecule has 1 aliphatic rings. The fourth-order valence-electron chi connectivity index (χ4n) is 3.44. The molecule has 3 heteroatoms. The van der Waals surface area contributed by atoms with Gasteiger partial charge in [0.15, 0.2) is 0 Å². The minimum absolute atomic E-state index is 0.724. The van der Waals surface area contributed by atoms with E-state index in [0.717, 1.165) is 35.2 Å². The van der Waals surface area contributed by atoms with Crippen molar-refractivity contribution in [2.24, 2.45) is 11.8 Å². The molecule has 0 aromatic carbocycles. The Bertz CT molecular complexity index is 377. The first-order chi connectivity index (χ1) is 9.24. The van der Waals surface area contributed by atoms with Gasteiger partial charge in [0.1, 0.15) is 0 Å². The maximum Gasteiger partial charge on any atom is 0.0931 e. The lowest BCUT2D eigenvalue weighted by Gasteiger charge is -2.36. The second kappa shape index (κ2) is 7.66. The van der Waals surface area contributed by atoms with Gasteiger partial charge in [-0.1, -0.05) is 44.7 Å². The molecule has 1 saturated carbocycles. The van der Waals surface area contributed by atoms with E-state index in [1.807, 2.05) is 0 Å². The molecule has 0 amide bonds. The van der Waals surface area contributed by atoms with Gasteiger partial charge < -0.3 is 5.32 Å². The third-order valence-corrected chi connectivity index (χ3v) is 5.78. The van der Waals surface area contributed by atoms with Crippen molar-refractivity contribution in [1.82, 2.24) is 5.32 Å². The number of thiophene rings is 1. The van der Waals surface area contributed by atoms with Gasteiger partial charge in [0, 0.05) is 4.88 Å². The molecule has 0 spiro atoms. The van der Waals surface area contributed by atoms with Crippen molar-refractivity contribution in [2.75, 3.05) is 13.1 Å². The molecule has 1 heterocycles. The highest BCUT2D eigenvalue weighted by Crippen LogP contribution is 2.44. The lowest BCUT2D eigenvalue weighted by atomic mass is 9.72. The molecule has 0 radical (unpaired) electrons. The molecule has 1 fully saturated rings. The molecule has 108 valence electrons. The van der Waals surface area contributed by atoms with Crippen molar-refractivity contribution in [2.45, 2.75) is 51.9 Å². The lowest BCUT2D eigenvalue weighted by molar-refractivity contribution is 0.223. The molecule has 1 aromatic heterocycles. The van der Waals surface area contributed by atoms with E-state index in [9.17, 15) is 0 Å². The van der Waals surface area contributed by atoms with Crippen molar-refractivity contribution in [3.05, 3.63) is 21.3 Å². The molecule has 1 aromatic rings. The summed E-state index contributed by atoms with van der Waals surface area (Å²) in [4.78, 5) is 1.51. The minimum Gasteiger partial charge on any atom is -0.317 e. The minimum atomic E-state index is 0.724. The lowest BCUT2D eigenvalue weighted by Crippen LogP contribution is -2.31. The van der Waals surface area contributed by atoms with Crippen molar-refractivity contribution in [1.29, 1.82) is 0 Å². The molecular weight excluding hydrogens is 274 g/mol. The van der Waals surface area contributed by atoms with E-state index < -0.39 is 0 Å². The topological polar surface area (TPSA) is 12.0 Å². The van der Waals surface area contributed by atoms with E-state index in [0.29, 0.717) is 0 Å². The molecule has 1 aliphatic carbocycles. The van der Waals surface area contributed by atoms with Crippen LogP contribution in [0.15, 0.2) is 12.1 Å². The number of hydrogen-bond acceptors (Lipinski definition) is 2. The normalized spacial score (nSPS) is 27.6. The average Bonchev–Trinajstić information content (AvgIpc) is 2.84. The SMILES string of the molecule is CCCC1CCC(CNCC)C(c2ccc(Cl)s2)C1. The number of rotatable bonds is 6. The Morgan fingerprint density at radius 1 is 1.32 bits per heavy atom. The number of hydrogen-bond donors (Lipinski definition) is 1. The molecule has 0 bridgehead atoms. The van der Waals surface area contributed by atoms with E-state index in [4.69, 9.17) is 11.6 Å². The fourth-order valence-corrected chi connectivity index (χ4v) is 4.71. The maximum atomic E-state index is 6.13. The Morgan fingerprint density at radius 2 is 2.16 bits per heavy atom. The van der Waals surface area contributed by atoms with Gasteiger partial charge in [0.05, 0.1) is 4.34 Å². The molecular formula is C16H26ClNS. The molecule has 1 N–H and O–H groups in total. The third kappa shape index (κ3) is 4.21. The van der Waals surface area contributed by atoms with E-state index in [1.165, 1.54) is 37.0 Å². The summed E-state index contributed by atoms with van der Waals surface area (Å²) in [5.74, 6) is 2.44. The van der Waals surface area contributed by atoms with Crippen LogP contribution in [0.1, 0.15) is 56.7 Å². The van der Waals surface area contributed by atoms with E-state index in [1.54, 1.807) is 11.3 Å². The van der Waals surface area contributed by atoms with Crippen LogP contribution in [0, 0.1) is 11.8 Å². The average molecular weight is 300 g/mol. The quantitative estimate of drug-likeness (QED) is 0.750. The molecule has 0 aliphatic heterocycles. The fraction of sp³-hybridized carbons (Fsp3) is 0.750. The highest BCUT2D eigenvalue weighted by Gasteiger charge is 2.31. The van der Waals surface area contributed by atoms with E-state index in [-0.39, 0.29) is 0 Å². The van der Waals surface area contributed by atoms with Crippen LogP contribution < -0.4 is 5.32 Å². The van der Waals surface area contributed by atoms with Crippen molar-refractivity contribution >= 4 is 22.9 Å². The highest BCUT2D eigenvalue weighted by molar-refractivity contribution is 7.16. The van der Waals surface area contributed by atoms with Crippen LogP contribution >= 0.6 is 22.9 Å². The van der Waals surface area contributed by atoms with Crippen LogP contribution in [0.25, 0.3) is 0 Å². The monoisotopic (exact) mass is 299 g/mol. The smallest absolute Gasteiger partial charge is 0.0931 e. The zero-order valence-electron chi connectivity index (χ0n) is 12.1. The zero-order valence-corrected chi connectivity index (χ0v) is 13.7. The van der Waals surface area contributed by atoms with Gasteiger partial charge in [-0.15, -0.1) is 11.3 Å². The van der Waals surface area contributed by atoms with Crippen molar-refractivity contribution < 1.29 is 0 Å². The van der Waals surface area contributed by atoms with E-state index >= 15 is 0 Å². The van der Waals surface area contributed by atoms with Gasteiger partial charge in [-0.3, -0.25) is 0 Å². The van der Waals surface area contributed by atoms with E-state index in [2.05, 4.69) is 31.3 Å². The summed E-state index contributed by atoms with van der Waals surface area (Å²) in [5.41, 5.74) is 0. The maximum absolute atomic E-state index is 6.13. The Morgan fingerprint density at radius 3 is 2.79 bits per heavy atom.